The molecule has 0 aliphatic rings. The Morgan fingerprint density at radius 3 is 2.32 bits per heavy atom. The normalized spacial score (nSPS) is 10.9. The summed E-state index contributed by atoms with van der Waals surface area (Å²) >= 11 is 3.36. The molecule has 2 aromatic carbocycles. The predicted molar refractivity (Wildman–Crippen MR) is 102 cm³/mol. The molecule has 0 saturated carbocycles. The average Bonchev–Trinajstić information content (AvgIpc) is 2.53. The van der Waals surface area contributed by atoms with E-state index in [-0.39, 0.29) is 17.4 Å². The van der Waals surface area contributed by atoms with Crippen LogP contribution in [0.5, 0.6) is 5.75 Å². The summed E-state index contributed by atoms with van der Waals surface area (Å²) in [6.45, 7) is 5.71. The number of hydrogen-bond acceptors (Lipinski definition) is 3. The number of ether oxygens (including phenoxy) is 1. The predicted octanol–water partition coefficient (Wildman–Crippen LogP) is 4.24. The van der Waals surface area contributed by atoms with E-state index >= 15 is 0 Å². The highest BCUT2D eigenvalue weighted by molar-refractivity contribution is 9.10. The minimum Gasteiger partial charge on any atom is -0.496 e. The molecule has 0 spiro atoms. The van der Waals surface area contributed by atoms with E-state index in [1.165, 1.54) is 0 Å². The fourth-order valence-corrected chi connectivity index (χ4v) is 2.74. The molecule has 2 rings (SSSR count). The number of carbonyl (C=O) groups excluding carboxylic acids is 2. The van der Waals surface area contributed by atoms with Gasteiger partial charge in [-0.05, 0) is 67.0 Å². The van der Waals surface area contributed by atoms with Crippen molar-refractivity contribution in [3.05, 3.63) is 58.1 Å². The van der Waals surface area contributed by atoms with E-state index < -0.39 is 0 Å². The Kier molecular flexibility index (Phi) is 5.85. The van der Waals surface area contributed by atoms with E-state index in [1.54, 1.807) is 49.6 Å². The van der Waals surface area contributed by atoms with Crippen LogP contribution in [-0.2, 0) is 0 Å². The van der Waals surface area contributed by atoms with Crippen molar-refractivity contribution in [1.82, 2.24) is 5.32 Å². The van der Waals surface area contributed by atoms with Crippen LogP contribution in [0.15, 0.2) is 46.9 Å². The SMILES string of the molecule is COc1ccc(C(=O)Nc2ccccc2C(=O)NC(C)(C)C)cc1Br. The lowest BCUT2D eigenvalue weighted by molar-refractivity contribution is 0.0920. The van der Waals surface area contributed by atoms with Crippen molar-refractivity contribution in [3.8, 4) is 5.75 Å². The number of carbonyl (C=O) groups is 2. The molecule has 0 aliphatic heterocycles. The lowest BCUT2D eigenvalue weighted by atomic mass is 10.1. The van der Waals surface area contributed by atoms with Crippen LogP contribution < -0.4 is 15.4 Å². The monoisotopic (exact) mass is 404 g/mol. The lowest BCUT2D eigenvalue weighted by Gasteiger charge is -2.21. The summed E-state index contributed by atoms with van der Waals surface area (Å²) in [6, 6.07) is 12.0. The van der Waals surface area contributed by atoms with Crippen molar-refractivity contribution >= 4 is 33.4 Å². The first kappa shape index (κ1) is 19.0. The Bertz CT molecular complexity index is 797. The van der Waals surface area contributed by atoms with E-state index in [2.05, 4.69) is 26.6 Å². The quantitative estimate of drug-likeness (QED) is 0.800. The highest BCUT2D eigenvalue weighted by atomic mass is 79.9. The third kappa shape index (κ3) is 5.06. The Morgan fingerprint density at radius 1 is 1.04 bits per heavy atom. The van der Waals surface area contributed by atoms with Gasteiger partial charge in [-0.1, -0.05) is 12.1 Å². The molecule has 0 aromatic heterocycles. The first-order valence-corrected chi connectivity index (χ1v) is 8.57. The number of anilines is 1. The molecule has 0 bridgehead atoms. The van der Waals surface area contributed by atoms with Crippen LogP contribution >= 0.6 is 15.9 Å². The molecule has 2 N–H and O–H groups in total. The molecule has 5 nitrogen and oxygen atoms in total. The van der Waals surface area contributed by atoms with Gasteiger partial charge in [0, 0.05) is 11.1 Å². The van der Waals surface area contributed by atoms with Crippen molar-refractivity contribution in [3.63, 3.8) is 0 Å². The maximum Gasteiger partial charge on any atom is 0.255 e. The smallest absolute Gasteiger partial charge is 0.255 e. The van der Waals surface area contributed by atoms with Gasteiger partial charge < -0.3 is 15.4 Å². The first-order chi connectivity index (χ1) is 11.7. The third-order valence-electron chi connectivity index (χ3n) is 3.32. The van der Waals surface area contributed by atoms with Gasteiger partial charge >= 0.3 is 0 Å². The highest BCUT2D eigenvalue weighted by Crippen LogP contribution is 2.26. The van der Waals surface area contributed by atoms with Gasteiger partial charge in [-0.15, -0.1) is 0 Å². The second-order valence-electron chi connectivity index (χ2n) is 6.55. The number of benzene rings is 2. The fraction of sp³-hybridized carbons (Fsp3) is 0.263. The van der Waals surface area contributed by atoms with Gasteiger partial charge in [-0.3, -0.25) is 9.59 Å². The molecule has 0 unspecified atom stereocenters. The van der Waals surface area contributed by atoms with Crippen molar-refractivity contribution in [2.75, 3.05) is 12.4 Å². The number of amides is 2. The summed E-state index contributed by atoms with van der Waals surface area (Å²) in [5.74, 6) is 0.0974. The van der Waals surface area contributed by atoms with Crippen LogP contribution in [0.1, 0.15) is 41.5 Å². The van der Waals surface area contributed by atoms with Gasteiger partial charge in [0.25, 0.3) is 11.8 Å². The molecule has 2 aromatic rings. The Balaban J connectivity index is 2.24. The topological polar surface area (TPSA) is 67.4 Å². The largest absolute Gasteiger partial charge is 0.496 e. The van der Waals surface area contributed by atoms with Gasteiger partial charge in [0.2, 0.25) is 0 Å². The molecule has 0 radical (unpaired) electrons. The van der Waals surface area contributed by atoms with Crippen molar-refractivity contribution in [2.45, 2.75) is 26.3 Å². The molecule has 6 heteroatoms. The van der Waals surface area contributed by atoms with Crippen LogP contribution in [0, 0.1) is 0 Å². The van der Waals surface area contributed by atoms with Crippen molar-refractivity contribution in [1.29, 1.82) is 0 Å². The van der Waals surface area contributed by atoms with Gasteiger partial charge in [-0.25, -0.2) is 0 Å². The number of rotatable bonds is 4. The molecule has 0 atom stereocenters. The van der Waals surface area contributed by atoms with Gasteiger partial charge in [0.05, 0.1) is 22.8 Å². The molecular weight excluding hydrogens is 384 g/mol. The van der Waals surface area contributed by atoms with Crippen LogP contribution in [0.3, 0.4) is 0 Å². The Labute approximate surface area is 155 Å². The molecule has 132 valence electrons. The summed E-state index contributed by atoms with van der Waals surface area (Å²) in [5.41, 5.74) is 0.966. The summed E-state index contributed by atoms with van der Waals surface area (Å²) in [7, 11) is 1.56. The third-order valence-corrected chi connectivity index (χ3v) is 3.94. The number of methoxy groups -OCH3 is 1. The van der Waals surface area contributed by atoms with E-state index in [0.717, 1.165) is 0 Å². The zero-order chi connectivity index (χ0) is 18.6. The molecular formula is C19H21BrN2O3. The van der Waals surface area contributed by atoms with Gasteiger partial charge in [-0.2, -0.15) is 0 Å². The zero-order valence-corrected chi connectivity index (χ0v) is 16.2. The second kappa shape index (κ2) is 7.70. The average molecular weight is 405 g/mol. The molecule has 2 amide bonds. The van der Waals surface area contributed by atoms with E-state index in [1.807, 2.05) is 20.8 Å². The first-order valence-electron chi connectivity index (χ1n) is 7.77. The Hall–Kier alpha value is -2.34. The van der Waals surface area contributed by atoms with Crippen molar-refractivity contribution in [2.24, 2.45) is 0 Å². The zero-order valence-electron chi connectivity index (χ0n) is 14.6. The lowest BCUT2D eigenvalue weighted by Crippen LogP contribution is -2.40. The van der Waals surface area contributed by atoms with E-state index in [9.17, 15) is 9.59 Å². The molecule has 25 heavy (non-hydrogen) atoms. The molecule has 0 saturated heterocycles. The summed E-state index contributed by atoms with van der Waals surface area (Å²) < 4.78 is 5.85. The minimum absolute atomic E-state index is 0.237. The molecule has 0 aliphatic carbocycles. The van der Waals surface area contributed by atoms with Gasteiger partial charge in [0.1, 0.15) is 5.75 Å². The van der Waals surface area contributed by atoms with E-state index in [4.69, 9.17) is 4.74 Å². The van der Waals surface area contributed by atoms with Crippen molar-refractivity contribution < 1.29 is 14.3 Å². The van der Waals surface area contributed by atoms with Crippen LogP contribution in [-0.4, -0.2) is 24.5 Å². The minimum atomic E-state index is -0.366. The summed E-state index contributed by atoms with van der Waals surface area (Å²) in [4.78, 5) is 25.0. The second-order valence-corrected chi connectivity index (χ2v) is 7.41. The summed E-state index contributed by atoms with van der Waals surface area (Å²) in [6.07, 6.45) is 0. The maximum atomic E-state index is 12.5. The summed E-state index contributed by atoms with van der Waals surface area (Å²) in [5, 5.41) is 5.70. The molecule has 0 fully saturated rings. The standard InChI is InChI=1S/C19H21BrN2O3/c1-19(2,3)22-18(24)13-7-5-6-8-15(13)21-17(23)12-9-10-16(25-4)14(20)11-12/h5-11H,1-4H3,(H,21,23)(H,22,24). The maximum absolute atomic E-state index is 12.5. The Morgan fingerprint density at radius 2 is 1.72 bits per heavy atom. The fourth-order valence-electron chi connectivity index (χ4n) is 2.20. The number of nitrogens with one attached hydrogen (secondary N) is 2. The van der Waals surface area contributed by atoms with Crippen LogP contribution in [0.25, 0.3) is 0 Å². The highest BCUT2D eigenvalue weighted by Gasteiger charge is 2.19. The van der Waals surface area contributed by atoms with Crippen LogP contribution in [0.2, 0.25) is 0 Å². The number of para-hydroxylation sites is 1. The number of halogens is 1. The number of hydrogen-bond donors (Lipinski definition) is 2. The van der Waals surface area contributed by atoms with Crippen LogP contribution in [0.4, 0.5) is 5.69 Å². The van der Waals surface area contributed by atoms with E-state index in [0.29, 0.717) is 27.0 Å². The molecule has 0 heterocycles. The van der Waals surface area contributed by atoms with Gasteiger partial charge in [0.15, 0.2) is 0 Å².